The van der Waals surface area contributed by atoms with Gasteiger partial charge in [0.25, 0.3) is 0 Å². The molecule has 2 aromatic carbocycles. The monoisotopic (exact) mass is 408 g/mol. The Balaban J connectivity index is 1.32. The van der Waals surface area contributed by atoms with Crippen molar-refractivity contribution in [2.45, 2.75) is 38.8 Å². The Bertz CT molecular complexity index is 866. The molecule has 1 aliphatic carbocycles. The molecule has 1 saturated carbocycles. The summed E-state index contributed by atoms with van der Waals surface area (Å²) in [5.74, 6) is 0.0751. The Kier molecular flexibility index (Phi) is 7.83. The van der Waals surface area contributed by atoms with E-state index in [1.807, 2.05) is 54.6 Å². The molecule has 3 rings (SSSR count). The van der Waals surface area contributed by atoms with Gasteiger partial charge in [-0.05, 0) is 36.1 Å². The number of nitrogens with one attached hydrogen (secondary N) is 4. The number of hydrogen-bond donors (Lipinski definition) is 4. The molecule has 1 aliphatic rings. The van der Waals surface area contributed by atoms with E-state index in [-0.39, 0.29) is 36.7 Å². The van der Waals surface area contributed by atoms with Crippen molar-refractivity contribution < 1.29 is 14.4 Å². The summed E-state index contributed by atoms with van der Waals surface area (Å²) in [6, 6.07) is 16.8. The minimum Gasteiger partial charge on any atom is -0.352 e. The first-order valence-corrected chi connectivity index (χ1v) is 10.3. The number of carbonyl (C=O) groups excluding carboxylic acids is 3. The molecule has 7 heteroatoms. The van der Waals surface area contributed by atoms with Gasteiger partial charge in [-0.3, -0.25) is 9.59 Å². The molecule has 0 aliphatic heterocycles. The molecular weight excluding hydrogens is 380 g/mol. The van der Waals surface area contributed by atoms with Crippen LogP contribution < -0.4 is 21.3 Å². The average Bonchev–Trinajstić information content (AvgIpc) is 2.70. The number of anilines is 1. The highest BCUT2D eigenvalue weighted by Gasteiger charge is 2.25. The van der Waals surface area contributed by atoms with E-state index in [1.54, 1.807) is 0 Å². The Morgan fingerprint density at radius 3 is 2.30 bits per heavy atom. The van der Waals surface area contributed by atoms with Gasteiger partial charge >= 0.3 is 6.03 Å². The summed E-state index contributed by atoms with van der Waals surface area (Å²) in [6.45, 7) is 1.06. The topological polar surface area (TPSA) is 99.3 Å². The smallest absolute Gasteiger partial charge is 0.315 e. The second kappa shape index (κ2) is 11.0. The molecular formula is C23H28N4O3. The molecule has 4 amide bonds. The van der Waals surface area contributed by atoms with Crippen molar-refractivity contribution in [3.05, 3.63) is 65.7 Å². The average molecular weight is 409 g/mol. The van der Waals surface area contributed by atoms with Gasteiger partial charge in [0, 0.05) is 37.7 Å². The summed E-state index contributed by atoms with van der Waals surface area (Å²) in [5.41, 5.74) is 2.65. The number of carbonyl (C=O) groups is 3. The van der Waals surface area contributed by atoms with Gasteiger partial charge < -0.3 is 21.3 Å². The van der Waals surface area contributed by atoms with Crippen LogP contribution in [0.5, 0.6) is 0 Å². The predicted octanol–water partition coefficient (Wildman–Crippen LogP) is 2.93. The summed E-state index contributed by atoms with van der Waals surface area (Å²) in [7, 11) is 0. The highest BCUT2D eigenvalue weighted by atomic mass is 16.2. The molecule has 0 atom stereocenters. The van der Waals surface area contributed by atoms with Crippen molar-refractivity contribution in [1.29, 1.82) is 0 Å². The van der Waals surface area contributed by atoms with E-state index in [2.05, 4.69) is 21.3 Å². The summed E-state index contributed by atoms with van der Waals surface area (Å²) in [6.07, 6.45) is 3.24. The van der Waals surface area contributed by atoms with Crippen LogP contribution in [0.3, 0.4) is 0 Å². The molecule has 0 aromatic heterocycles. The van der Waals surface area contributed by atoms with Gasteiger partial charge in [0.2, 0.25) is 11.8 Å². The van der Waals surface area contributed by atoms with Gasteiger partial charge in [-0.25, -0.2) is 4.79 Å². The molecule has 0 unspecified atom stereocenters. The van der Waals surface area contributed by atoms with Crippen LogP contribution in [0, 0.1) is 5.92 Å². The fourth-order valence-corrected chi connectivity index (χ4v) is 3.09. The standard InChI is InChI=1S/C23H28N4O3/c28-21(25-15-17-6-2-1-3-7-17)12-13-24-23(30)26-16-18-8-4-11-20(14-18)27-22(29)19-9-5-10-19/h1-4,6-8,11,14,19H,5,9-10,12-13,15-16H2,(H,25,28)(H,27,29)(H2,24,26,30). The Hall–Kier alpha value is -3.35. The first kappa shape index (κ1) is 21.4. The van der Waals surface area contributed by atoms with Crippen LogP contribution >= 0.6 is 0 Å². The number of hydrogen-bond acceptors (Lipinski definition) is 3. The van der Waals surface area contributed by atoms with Gasteiger partial charge in [-0.1, -0.05) is 48.9 Å². The van der Waals surface area contributed by atoms with Gasteiger partial charge in [0.1, 0.15) is 0 Å². The minimum absolute atomic E-state index is 0.0645. The molecule has 0 spiro atoms. The number of benzene rings is 2. The Labute approximate surface area is 176 Å². The van der Waals surface area contributed by atoms with Gasteiger partial charge in [-0.15, -0.1) is 0 Å². The third-order valence-electron chi connectivity index (χ3n) is 5.09. The van der Waals surface area contributed by atoms with Crippen LogP contribution in [0.25, 0.3) is 0 Å². The molecule has 30 heavy (non-hydrogen) atoms. The van der Waals surface area contributed by atoms with Crippen LogP contribution in [0.2, 0.25) is 0 Å². The van der Waals surface area contributed by atoms with Gasteiger partial charge in [0.05, 0.1) is 0 Å². The van der Waals surface area contributed by atoms with Crippen molar-refractivity contribution >= 4 is 23.5 Å². The third-order valence-corrected chi connectivity index (χ3v) is 5.09. The normalized spacial score (nSPS) is 13.1. The van der Waals surface area contributed by atoms with Gasteiger partial charge in [0.15, 0.2) is 0 Å². The van der Waals surface area contributed by atoms with Crippen molar-refractivity contribution in [3.8, 4) is 0 Å². The molecule has 7 nitrogen and oxygen atoms in total. The highest BCUT2D eigenvalue weighted by Crippen LogP contribution is 2.27. The first-order valence-electron chi connectivity index (χ1n) is 10.3. The molecule has 2 aromatic rings. The molecule has 0 radical (unpaired) electrons. The largest absolute Gasteiger partial charge is 0.352 e. The maximum absolute atomic E-state index is 12.0. The zero-order valence-electron chi connectivity index (χ0n) is 16.9. The molecule has 4 N–H and O–H groups in total. The van der Waals surface area contributed by atoms with Gasteiger partial charge in [-0.2, -0.15) is 0 Å². The van der Waals surface area contributed by atoms with E-state index in [4.69, 9.17) is 0 Å². The molecule has 1 fully saturated rings. The number of amides is 4. The lowest BCUT2D eigenvalue weighted by Gasteiger charge is -2.24. The van der Waals surface area contributed by atoms with Crippen molar-refractivity contribution in [3.63, 3.8) is 0 Å². The van der Waals surface area contributed by atoms with E-state index >= 15 is 0 Å². The second-order valence-corrected chi connectivity index (χ2v) is 7.44. The van der Waals surface area contributed by atoms with Crippen LogP contribution in [0.15, 0.2) is 54.6 Å². The highest BCUT2D eigenvalue weighted by molar-refractivity contribution is 5.93. The zero-order valence-corrected chi connectivity index (χ0v) is 16.9. The predicted molar refractivity (Wildman–Crippen MR) is 116 cm³/mol. The van der Waals surface area contributed by atoms with Crippen molar-refractivity contribution in [2.75, 3.05) is 11.9 Å². The lowest BCUT2D eigenvalue weighted by Crippen LogP contribution is -2.37. The van der Waals surface area contributed by atoms with Crippen LogP contribution in [0.4, 0.5) is 10.5 Å². The van der Waals surface area contributed by atoms with E-state index < -0.39 is 0 Å². The quantitative estimate of drug-likeness (QED) is 0.513. The number of urea groups is 1. The van der Waals surface area contributed by atoms with Crippen LogP contribution in [-0.2, 0) is 22.7 Å². The van der Waals surface area contributed by atoms with E-state index in [0.717, 1.165) is 36.1 Å². The number of rotatable bonds is 9. The Morgan fingerprint density at radius 2 is 1.57 bits per heavy atom. The lowest BCUT2D eigenvalue weighted by molar-refractivity contribution is -0.122. The zero-order chi connectivity index (χ0) is 21.2. The summed E-state index contributed by atoms with van der Waals surface area (Å²) in [5, 5.41) is 11.2. The molecule has 158 valence electrons. The van der Waals surface area contributed by atoms with E-state index in [0.29, 0.717) is 13.1 Å². The van der Waals surface area contributed by atoms with E-state index in [1.165, 1.54) is 0 Å². The lowest BCUT2D eigenvalue weighted by atomic mass is 9.85. The molecule has 0 bridgehead atoms. The molecule has 0 heterocycles. The first-order chi connectivity index (χ1) is 14.6. The van der Waals surface area contributed by atoms with E-state index in [9.17, 15) is 14.4 Å². The second-order valence-electron chi connectivity index (χ2n) is 7.44. The minimum atomic E-state index is -0.338. The molecule has 0 saturated heterocycles. The Morgan fingerprint density at radius 1 is 0.833 bits per heavy atom. The summed E-state index contributed by atoms with van der Waals surface area (Å²) < 4.78 is 0. The van der Waals surface area contributed by atoms with Crippen LogP contribution in [-0.4, -0.2) is 24.4 Å². The maximum Gasteiger partial charge on any atom is 0.315 e. The fraction of sp³-hybridized carbons (Fsp3) is 0.348. The SMILES string of the molecule is O=C(CCNC(=O)NCc1cccc(NC(=O)C2CCC2)c1)NCc1ccccc1. The van der Waals surface area contributed by atoms with Crippen molar-refractivity contribution in [1.82, 2.24) is 16.0 Å². The summed E-state index contributed by atoms with van der Waals surface area (Å²) in [4.78, 5) is 35.9. The summed E-state index contributed by atoms with van der Waals surface area (Å²) >= 11 is 0. The van der Waals surface area contributed by atoms with Crippen LogP contribution in [0.1, 0.15) is 36.8 Å². The van der Waals surface area contributed by atoms with Crippen molar-refractivity contribution in [2.24, 2.45) is 5.92 Å². The maximum atomic E-state index is 12.0. The fourth-order valence-electron chi connectivity index (χ4n) is 3.09. The third kappa shape index (κ3) is 6.92.